The van der Waals surface area contributed by atoms with Crippen molar-refractivity contribution in [2.75, 3.05) is 18.4 Å². The zero-order valence-electron chi connectivity index (χ0n) is 7.91. The highest BCUT2D eigenvalue weighted by Crippen LogP contribution is 2.16. The van der Waals surface area contributed by atoms with Crippen LogP contribution >= 0.6 is 11.3 Å². The molecule has 2 heterocycles. The predicted octanol–water partition coefficient (Wildman–Crippen LogP) is 0.395. The summed E-state index contributed by atoms with van der Waals surface area (Å²) in [7, 11) is 0. The van der Waals surface area contributed by atoms with E-state index in [1.54, 1.807) is 0 Å². The van der Waals surface area contributed by atoms with Crippen LogP contribution in [0.5, 0.6) is 0 Å². The molecule has 1 atom stereocenters. The van der Waals surface area contributed by atoms with E-state index < -0.39 is 0 Å². The van der Waals surface area contributed by atoms with Gasteiger partial charge in [-0.15, -0.1) is 10.2 Å². The molecule has 1 amide bonds. The Balaban J connectivity index is 1.93. The molecular formula is C8H12N4OS. The summed E-state index contributed by atoms with van der Waals surface area (Å²) in [5.74, 6) is 0.130. The summed E-state index contributed by atoms with van der Waals surface area (Å²) in [6, 6.07) is 0. The Kier molecular flexibility index (Phi) is 2.74. The molecule has 0 radical (unpaired) electrons. The third-order valence-electron chi connectivity index (χ3n) is 2.19. The van der Waals surface area contributed by atoms with Crippen LogP contribution in [0, 0.1) is 12.8 Å². The van der Waals surface area contributed by atoms with Gasteiger partial charge < -0.3 is 10.6 Å². The zero-order valence-corrected chi connectivity index (χ0v) is 8.73. The van der Waals surface area contributed by atoms with Gasteiger partial charge in [-0.25, -0.2) is 0 Å². The summed E-state index contributed by atoms with van der Waals surface area (Å²) in [5.41, 5.74) is 0. The number of anilines is 1. The number of carbonyl (C=O) groups excluding carboxylic acids is 1. The molecule has 0 aliphatic carbocycles. The maximum Gasteiger partial charge on any atom is 0.230 e. The highest BCUT2D eigenvalue weighted by molar-refractivity contribution is 7.15. The highest BCUT2D eigenvalue weighted by Gasteiger charge is 2.22. The first kappa shape index (κ1) is 9.54. The molecule has 1 fully saturated rings. The van der Waals surface area contributed by atoms with E-state index in [9.17, 15) is 4.79 Å². The van der Waals surface area contributed by atoms with Gasteiger partial charge in [0.15, 0.2) is 0 Å². The minimum absolute atomic E-state index is 0.0474. The Morgan fingerprint density at radius 3 is 3.07 bits per heavy atom. The number of nitrogens with one attached hydrogen (secondary N) is 2. The molecule has 0 bridgehead atoms. The number of carbonyl (C=O) groups is 1. The summed E-state index contributed by atoms with van der Waals surface area (Å²) in [6.07, 6.45) is 0.906. The van der Waals surface area contributed by atoms with E-state index >= 15 is 0 Å². The maximum absolute atomic E-state index is 11.6. The van der Waals surface area contributed by atoms with Crippen LogP contribution < -0.4 is 10.6 Å². The minimum atomic E-state index is 0.0474. The van der Waals surface area contributed by atoms with Crippen LogP contribution in [0.25, 0.3) is 0 Å². The van der Waals surface area contributed by atoms with E-state index in [1.807, 2.05) is 6.92 Å². The van der Waals surface area contributed by atoms with Crippen molar-refractivity contribution in [1.29, 1.82) is 0 Å². The smallest absolute Gasteiger partial charge is 0.230 e. The molecule has 0 aromatic carbocycles. The molecular weight excluding hydrogens is 200 g/mol. The number of aromatic nitrogens is 2. The quantitative estimate of drug-likeness (QED) is 0.744. The summed E-state index contributed by atoms with van der Waals surface area (Å²) >= 11 is 1.40. The molecule has 1 aromatic rings. The number of nitrogens with zero attached hydrogens (tertiary/aromatic N) is 2. The minimum Gasteiger partial charge on any atom is -0.316 e. The first-order valence-corrected chi connectivity index (χ1v) is 5.39. The SMILES string of the molecule is Cc1nnc(NC(=O)[C@H]2CCNC2)s1. The van der Waals surface area contributed by atoms with Gasteiger partial charge in [0.05, 0.1) is 5.92 Å². The largest absolute Gasteiger partial charge is 0.316 e. The van der Waals surface area contributed by atoms with Gasteiger partial charge >= 0.3 is 0 Å². The van der Waals surface area contributed by atoms with Crippen LogP contribution in [0.2, 0.25) is 0 Å². The first-order chi connectivity index (χ1) is 6.75. The van der Waals surface area contributed by atoms with Crippen LogP contribution in [0.1, 0.15) is 11.4 Å². The van der Waals surface area contributed by atoms with Gasteiger partial charge in [0, 0.05) is 6.54 Å². The van der Waals surface area contributed by atoms with Gasteiger partial charge in [-0.3, -0.25) is 4.79 Å². The van der Waals surface area contributed by atoms with Gasteiger partial charge in [-0.1, -0.05) is 11.3 Å². The van der Waals surface area contributed by atoms with Crippen molar-refractivity contribution in [1.82, 2.24) is 15.5 Å². The van der Waals surface area contributed by atoms with Crippen LogP contribution in [-0.2, 0) is 4.79 Å². The van der Waals surface area contributed by atoms with E-state index in [0.717, 1.165) is 24.5 Å². The van der Waals surface area contributed by atoms with Gasteiger partial charge in [0.1, 0.15) is 5.01 Å². The molecule has 1 aliphatic heterocycles. The van der Waals surface area contributed by atoms with E-state index in [0.29, 0.717) is 5.13 Å². The van der Waals surface area contributed by atoms with Crippen molar-refractivity contribution >= 4 is 22.4 Å². The third-order valence-corrected chi connectivity index (χ3v) is 2.94. The Morgan fingerprint density at radius 2 is 2.50 bits per heavy atom. The molecule has 76 valence electrons. The first-order valence-electron chi connectivity index (χ1n) is 4.57. The lowest BCUT2D eigenvalue weighted by atomic mass is 10.1. The number of hydrogen-bond donors (Lipinski definition) is 2. The second-order valence-electron chi connectivity index (χ2n) is 3.31. The second kappa shape index (κ2) is 4.02. The van der Waals surface area contributed by atoms with Gasteiger partial charge in [-0.2, -0.15) is 0 Å². The molecule has 0 spiro atoms. The summed E-state index contributed by atoms with van der Waals surface area (Å²) in [5, 5.41) is 15.1. The molecule has 0 unspecified atom stereocenters. The van der Waals surface area contributed by atoms with Gasteiger partial charge in [-0.05, 0) is 19.9 Å². The summed E-state index contributed by atoms with van der Waals surface area (Å²) in [6.45, 7) is 3.56. The van der Waals surface area contributed by atoms with Crippen LogP contribution in [0.4, 0.5) is 5.13 Å². The Morgan fingerprint density at radius 1 is 1.64 bits per heavy atom. The topological polar surface area (TPSA) is 66.9 Å². The van der Waals surface area contributed by atoms with Crippen molar-refractivity contribution in [2.45, 2.75) is 13.3 Å². The summed E-state index contributed by atoms with van der Waals surface area (Å²) in [4.78, 5) is 11.6. The monoisotopic (exact) mass is 212 g/mol. The molecule has 5 nitrogen and oxygen atoms in total. The molecule has 1 aromatic heterocycles. The molecule has 1 saturated heterocycles. The molecule has 2 N–H and O–H groups in total. The molecule has 1 aliphatic rings. The zero-order chi connectivity index (χ0) is 9.97. The number of aryl methyl sites for hydroxylation is 1. The maximum atomic E-state index is 11.6. The fraction of sp³-hybridized carbons (Fsp3) is 0.625. The summed E-state index contributed by atoms with van der Waals surface area (Å²) < 4.78 is 0. The fourth-order valence-electron chi connectivity index (χ4n) is 1.43. The van der Waals surface area contributed by atoms with E-state index in [-0.39, 0.29) is 11.8 Å². The Labute approximate surface area is 85.9 Å². The molecule has 0 saturated carbocycles. The van der Waals surface area contributed by atoms with Crippen molar-refractivity contribution < 1.29 is 4.79 Å². The second-order valence-corrected chi connectivity index (χ2v) is 4.49. The van der Waals surface area contributed by atoms with Crippen LogP contribution in [0.15, 0.2) is 0 Å². The van der Waals surface area contributed by atoms with E-state index in [2.05, 4.69) is 20.8 Å². The van der Waals surface area contributed by atoms with Crippen molar-refractivity contribution in [3.05, 3.63) is 5.01 Å². The number of amides is 1. The van der Waals surface area contributed by atoms with Crippen LogP contribution in [0.3, 0.4) is 0 Å². The van der Waals surface area contributed by atoms with Crippen molar-refractivity contribution in [2.24, 2.45) is 5.92 Å². The molecule has 2 rings (SSSR count). The normalized spacial score (nSPS) is 21.1. The van der Waals surface area contributed by atoms with Crippen molar-refractivity contribution in [3.63, 3.8) is 0 Å². The van der Waals surface area contributed by atoms with Crippen molar-refractivity contribution in [3.8, 4) is 0 Å². The van der Waals surface area contributed by atoms with Gasteiger partial charge in [0.2, 0.25) is 11.0 Å². The molecule has 6 heteroatoms. The van der Waals surface area contributed by atoms with E-state index in [1.165, 1.54) is 11.3 Å². The lowest BCUT2D eigenvalue weighted by molar-refractivity contribution is -0.119. The third kappa shape index (κ3) is 2.08. The Hall–Kier alpha value is -1.01. The average molecular weight is 212 g/mol. The average Bonchev–Trinajstić information content (AvgIpc) is 2.75. The Bertz CT molecular complexity index is 332. The lowest BCUT2D eigenvalue weighted by Gasteiger charge is -2.05. The standard InChI is InChI=1S/C8H12N4OS/c1-5-11-12-8(14-5)10-7(13)6-2-3-9-4-6/h6,9H,2-4H2,1H3,(H,10,12,13)/t6-/m0/s1. The fourth-order valence-corrected chi connectivity index (χ4v) is 2.03. The van der Waals surface area contributed by atoms with Gasteiger partial charge in [0.25, 0.3) is 0 Å². The highest BCUT2D eigenvalue weighted by atomic mass is 32.1. The number of hydrogen-bond acceptors (Lipinski definition) is 5. The number of rotatable bonds is 2. The lowest BCUT2D eigenvalue weighted by Crippen LogP contribution is -2.24. The predicted molar refractivity (Wildman–Crippen MR) is 54.3 cm³/mol. The molecule has 14 heavy (non-hydrogen) atoms. The van der Waals surface area contributed by atoms with E-state index in [4.69, 9.17) is 0 Å². The van der Waals surface area contributed by atoms with Crippen LogP contribution in [-0.4, -0.2) is 29.2 Å².